The van der Waals surface area contributed by atoms with Crippen molar-refractivity contribution < 1.29 is 0 Å². The number of hydrogen-bond donors (Lipinski definition) is 2. The number of nitrogens with two attached hydrogens (primary N) is 1. The van der Waals surface area contributed by atoms with Gasteiger partial charge in [-0.1, -0.05) is 24.9 Å². The average molecular weight is 247 g/mol. The second kappa shape index (κ2) is 7.23. The molecule has 0 fully saturated rings. The second-order valence-electron chi connectivity index (χ2n) is 3.73. The Bertz CT molecular complexity index is 275. The Hall–Kier alpha value is -0.0900. The van der Waals surface area contributed by atoms with Crippen molar-refractivity contribution in [2.24, 2.45) is 11.7 Å². The van der Waals surface area contributed by atoms with Gasteiger partial charge in [-0.25, -0.2) is 0 Å². The summed E-state index contributed by atoms with van der Waals surface area (Å²) in [5.74, 6) is 0.602. The first-order valence-electron chi connectivity index (χ1n) is 5.41. The van der Waals surface area contributed by atoms with Crippen LogP contribution in [-0.2, 0) is 6.54 Å². The van der Waals surface area contributed by atoms with Crippen LogP contribution in [-0.4, -0.2) is 13.1 Å². The van der Waals surface area contributed by atoms with Crippen LogP contribution in [0.2, 0.25) is 4.34 Å². The summed E-state index contributed by atoms with van der Waals surface area (Å²) in [6.07, 6.45) is 2.41. The lowest BCUT2D eigenvalue weighted by molar-refractivity contribution is 0.450. The topological polar surface area (TPSA) is 38.0 Å². The maximum atomic E-state index is 5.85. The first-order valence-corrected chi connectivity index (χ1v) is 6.60. The predicted molar refractivity (Wildman–Crippen MR) is 68.5 cm³/mol. The molecule has 0 aliphatic heterocycles. The number of thiophene rings is 1. The molecule has 86 valence electrons. The van der Waals surface area contributed by atoms with Crippen LogP contribution >= 0.6 is 22.9 Å². The zero-order valence-electron chi connectivity index (χ0n) is 9.13. The first-order chi connectivity index (χ1) is 7.26. The SMILES string of the molecule is CCCC(CN)CNCc1ccc(Cl)s1. The molecule has 0 radical (unpaired) electrons. The van der Waals surface area contributed by atoms with E-state index in [2.05, 4.69) is 18.3 Å². The number of halogens is 1. The van der Waals surface area contributed by atoms with Crippen LogP contribution in [0, 0.1) is 5.92 Å². The zero-order chi connectivity index (χ0) is 11.1. The van der Waals surface area contributed by atoms with E-state index < -0.39 is 0 Å². The molecule has 0 saturated heterocycles. The van der Waals surface area contributed by atoms with Gasteiger partial charge in [-0.2, -0.15) is 0 Å². The summed E-state index contributed by atoms with van der Waals surface area (Å²) in [5.41, 5.74) is 5.68. The highest BCUT2D eigenvalue weighted by atomic mass is 35.5. The van der Waals surface area contributed by atoms with Gasteiger partial charge in [0.1, 0.15) is 0 Å². The molecule has 0 saturated carbocycles. The van der Waals surface area contributed by atoms with Crippen LogP contribution in [0.4, 0.5) is 0 Å². The molecule has 15 heavy (non-hydrogen) atoms. The Morgan fingerprint density at radius 3 is 2.87 bits per heavy atom. The van der Waals surface area contributed by atoms with Crippen LogP contribution in [0.3, 0.4) is 0 Å². The first kappa shape index (κ1) is 13.0. The molecule has 0 bridgehead atoms. The summed E-state index contributed by atoms with van der Waals surface area (Å²) in [4.78, 5) is 1.28. The van der Waals surface area contributed by atoms with Crippen molar-refractivity contribution in [2.75, 3.05) is 13.1 Å². The van der Waals surface area contributed by atoms with E-state index in [0.717, 1.165) is 24.0 Å². The monoisotopic (exact) mass is 246 g/mol. The standard InChI is InChI=1S/C11H19ClN2S/c1-2-3-9(6-13)7-14-8-10-4-5-11(12)15-10/h4-5,9,14H,2-3,6-8,13H2,1H3. The van der Waals surface area contributed by atoms with Gasteiger partial charge < -0.3 is 11.1 Å². The van der Waals surface area contributed by atoms with E-state index in [1.54, 1.807) is 11.3 Å². The van der Waals surface area contributed by atoms with E-state index >= 15 is 0 Å². The molecule has 0 amide bonds. The molecule has 1 heterocycles. The van der Waals surface area contributed by atoms with Crippen molar-refractivity contribution in [3.8, 4) is 0 Å². The smallest absolute Gasteiger partial charge is 0.0931 e. The van der Waals surface area contributed by atoms with Gasteiger partial charge in [-0.15, -0.1) is 11.3 Å². The normalized spacial score (nSPS) is 13.0. The van der Waals surface area contributed by atoms with Crippen molar-refractivity contribution in [1.29, 1.82) is 0 Å². The van der Waals surface area contributed by atoms with Gasteiger partial charge in [0.25, 0.3) is 0 Å². The fourth-order valence-electron chi connectivity index (χ4n) is 1.56. The Balaban J connectivity index is 2.20. The Morgan fingerprint density at radius 1 is 1.53 bits per heavy atom. The third-order valence-electron chi connectivity index (χ3n) is 2.39. The molecule has 1 rings (SSSR count). The van der Waals surface area contributed by atoms with Crippen LogP contribution in [0.15, 0.2) is 12.1 Å². The fraction of sp³-hybridized carbons (Fsp3) is 0.636. The third-order valence-corrected chi connectivity index (χ3v) is 3.62. The lowest BCUT2D eigenvalue weighted by Gasteiger charge is -2.13. The maximum Gasteiger partial charge on any atom is 0.0931 e. The van der Waals surface area contributed by atoms with Gasteiger partial charge >= 0.3 is 0 Å². The third kappa shape index (κ3) is 4.98. The van der Waals surface area contributed by atoms with E-state index in [0.29, 0.717) is 5.92 Å². The molecule has 0 spiro atoms. The second-order valence-corrected chi connectivity index (χ2v) is 5.53. The van der Waals surface area contributed by atoms with Crippen molar-refractivity contribution in [2.45, 2.75) is 26.3 Å². The lowest BCUT2D eigenvalue weighted by Crippen LogP contribution is -2.27. The van der Waals surface area contributed by atoms with Crippen LogP contribution < -0.4 is 11.1 Å². The summed E-state index contributed by atoms with van der Waals surface area (Å²) in [6, 6.07) is 4.01. The van der Waals surface area contributed by atoms with E-state index in [4.69, 9.17) is 17.3 Å². The highest BCUT2D eigenvalue weighted by Gasteiger charge is 2.05. The molecule has 3 N–H and O–H groups in total. The van der Waals surface area contributed by atoms with Crippen LogP contribution in [0.1, 0.15) is 24.6 Å². The van der Waals surface area contributed by atoms with Gasteiger partial charge in [-0.3, -0.25) is 0 Å². The van der Waals surface area contributed by atoms with Gasteiger partial charge in [0, 0.05) is 11.4 Å². The molecule has 4 heteroatoms. The van der Waals surface area contributed by atoms with Crippen LogP contribution in [0.5, 0.6) is 0 Å². The molecule has 1 atom stereocenters. The number of nitrogens with one attached hydrogen (secondary N) is 1. The summed E-state index contributed by atoms with van der Waals surface area (Å²) in [6.45, 7) is 4.87. The molecule has 1 unspecified atom stereocenters. The van der Waals surface area contributed by atoms with Crippen molar-refractivity contribution in [3.63, 3.8) is 0 Å². The summed E-state index contributed by atoms with van der Waals surface area (Å²) in [5, 5.41) is 3.42. The van der Waals surface area contributed by atoms with Crippen molar-refractivity contribution in [3.05, 3.63) is 21.3 Å². The Kier molecular flexibility index (Phi) is 6.25. The molecule has 2 nitrogen and oxygen atoms in total. The van der Waals surface area contributed by atoms with E-state index in [1.807, 2.05) is 6.07 Å². The van der Waals surface area contributed by atoms with E-state index in [1.165, 1.54) is 17.7 Å². The summed E-state index contributed by atoms with van der Waals surface area (Å²) < 4.78 is 0.857. The molecule has 1 aromatic rings. The van der Waals surface area contributed by atoms with Gasteiger partial charge in [0.2, 0.25) is 0 Å². The van der Waals surface area contributed by atoms with E-state index in [-0.39, 0.29) is 0 Å². The molecule has 0 aromatic carbocycles. The quantitative estimate of drug-likeness (QED) is 0.777. The van der Waals surface area contributed by atoms with Gasteiger partial charge in [0.05, 0.1) is 4.34 Å². The van der Waals surface area contributed by atoms with E-state index in [9.17, 15) is 0 Å². The molecular formula is C11H19ClN2S. The van der Waals surface area contributed by atoms with Gasteiger partial charge in [0.15, 0.2) is 0 Å². The minimum Gasteiger partial charge on any atom is -0.330 e. The predicted octanol–water partition coefficient (Wildman–Crippen LogP) is 2.87. The molecule has 0 aliphatic carbocycles. The zero-order valence-corrected chi connectivity index (χ0v) is 10.7. The summed E-state index contributed by atoms with van der Waals surface area (Å²) in [7, 11) is 0. The highest BCUT2D eigenvalue weighted by molar-refractivity contribution is 7.16. The average Bonchev–Trinajstić information content (AvgIpc) is 2.63. The highest BCUT2D eigenvalue weighted by Crippen LogP contribution is 2.21. The minimum absolute atomic E-state index is 0.602. The molecule has 0 aliphatic rings. The number of hydrogen-bond acceptors (Lipinski definition) is 3. The summed E-state index contributed by atoms with van der Waals surface area (Å²) >= 11 is 7.48. The van der Waals surface area contributed by atoms with Crippen molar-refractivity contribution in [1.82, 2.24) is 5.32 Å². The molecule has 1 aromatic heterocycles. The Labute approximate surface area is 101 Å². The lowest BCUT2D eigenvalue weighted by atomic mass is 10.0. The van der Waals surface area contributed by atoms with Gasteiger partial charge in [-0.05, 0) is 37.6 Å². The largest absolute Gasteiger partial charge is 0.330 e. The van der Waals surface area contributed by atoms with Crippen molar-refractivity contribution >= 4 is 22.9 Å². The number of rotatable bonds is 7. The maximum absolute atomic E-state index is 5.85. The Morgan fingerprint density at radius 2 is 2.33 bits per heavy atom. The fourth-order valence-corrected chi connectivity index (χ4v) is 2.61. The molecular weight excluding hydrogens is 228 g/mol. The minimum atomic E-state index is 0.602. The van der Waals surface area contributed by atoms with Crippen LogP contribution in [0.25, 0.3) is 0 Å².